The van der Waals surface area contributed by atoms with E-state index >= 15 is 0 Å². The average molecular weight is 484 g/mol. The van der Waals surface area contributed by atoms with E-state index in [0.29, 0.717) is 6.42 Å². The Morgan fingerprint density at radius 3 is 2.33 bits per heavy atom. The van der Waals surface area contributed by atoms with Gasteiger partial charge in [-0.2, -0.15) is 0 Å². The standard InChI is InChI=1S/C30H33N3O3/c1-2-3-16-29(34)33-28-15-8-7-14-27(28)32(30(33)35)24-17-19-31(20-18-24)22-23-10-9-13-26(21-23)36-25-11-5-4-6-12-25/h4-15,21,24H,2-3,16-20,22H2,1H3. The van der Waals surface area contributed by atoms with Crippen LogP contribution in [-0.2, 0) is 6.54 Å². The first kappa shape index (κ1) is 24.1. The van der Waals surface area contributed by atoms with Crippen LogP contribution in [0.2, 0.25) is 0 Å². The van der Waals surface area contributed by atoms with Crippen molar-refractivity contribution in [3.05, 3.63) is 94.9 Å². The van der Waals surface area contributed by atoms with Crippen LogP contribution in [0.25, 0.3) is 11.0 Å². The first-order valence-corrected chi connectivity index (χ1v) is 12.9. The van der Waals surface area contributed by atoms with Crippen LogP contribution < -0.4 is 10.4 Å². The van der Waals surface area contributed by atoms with Crippen molar-refractivity contribution in [3.8, 4) is 11.5 Å². The van der Waals surface area contributed by atoms with Crippen LogP contribution in [0.15, 0.2) is 83.7 Å². The Hall–Kier alpha value is -3.64. The maximum absolute atomic E-state index is 13.4. The summed E-state index contributed by atoms with van der Waals surface area (Å²) in [7, 11) is 0. The smallest absolute Gasteiger partial charge is 0.336 e. The zero-order valence-corrected chi connectivity index (χ0v) is 20.8. The number of unbranched alkanes of at least 4 members (excludes halogenated alkanes) is 1. The molecule has 36 heavy (non-hydrogen) atoms. The van der Waals surface area contributed by atoms with Gasteiger partial charge in [0.2, 0.25) is 5.91 Å². The third kappa shape index (κ3) is 5.14. The lowest BCUT2D eigenvalue weighted by molar-refractivity contribution is 0.0898. The molecule has 0 bridgehead atoms. The Morgan fingerprint density at radius 2 is 1.58 bits per heavy atom. The molecule has 4 aromatic rings. The van der Waals surface area contributed by atoms with Crippen molar-refractivity contribution in [2.45, 2.75) is 51.6 Å². The zero-order chi connectivity index (χ0) is 24.9. The summed E-state index contributed by atoms with van der Waals surface area (Å²) in [6.45, 7) is 4.68. The van der Waals surface area contributed by atoms with Crippen LogP contribution in [0.5, 0.6) is 11.5 Å². The molecule has 1 saturated heterocycles. The normalized spacial score (nSPS) is 14.8. The third-order valence-corrected chi connectivity index (χ3v) is 6.98. The van der Waals surface area contributed by atoms with Gasteiger partial charge in [-0.15, -0.1) is 0 Å². The van der Waals surface area contributed by atoms with E-state index in [2.05, 4.69) is 24.0 Å². The molecule has 1 aliphatic rings. The Morgan fingerprint density at radius 1 is 0.889 bits per heavy atom. The predicted molar refractivity (Wildman–Crippen MR) is 143 cm³/mol. The van der Waals surface area contributed by atoms with Crippen LogP contribution >= 0.6 is 0 Å². The van der Waals surface area contributed by atoms with Crippen molar-refractivity contribution in [1.29, 1.82) is 0 Å². The number of likely N-dealkylation sites (tertiary alicyclic amines) is 1. The molecule has 3 aromatic carbocycles. The maximum atomic E-state index is 13.4. The quantitative estimate of drug-likeness (QED) is 0.297. The molecule has 0 amide bonds. The number of imidazole rings is 1. The van der Waals surface area contributed by atoms with Gasteiger partial charge in [0, 0.05) is 32.1 Å². The van der Waals surface area contributed by atoms with Gasteiger partial charge < -0.3 is 4.74 Å². The van der Waals surface area contributed by atoms with E-state index in [9.17, 15) is 9.59 Å². The van der Waals surface area contributed by atoms with Crippen molar-refractivity contribution in [3.63, 3.8) is 0 Å². The molecule has 6 nitrogen and oxygen atoms in total. The fraction of sp³-hybridized carbons (Fsp3) is 0.333. The lowest BCUT2D eigenvalue weighted by atomic mass is 10.0. The molecule has 186 valence electrons. The molecule has 6 heteroatoms. The Balaban J connectivity index is 1.28. The van der Waals surface area contributed by atoms with Gasteiger partial charge in [0.25, 0.3) is 0 Å². The van der Waals surface area contributed by atoms with Gasteiger partial charge in [0.05, 0.1) is 11.0 Å². The minimum absolute atomic E-state index is 0.0895. The van der Waals surface area contributed by atoms with E-state index < -0.39 is 0 Å². The second kappa shape index (κ2) is 11.0. The van der Waals surface area contributed by atoms with Crippen LogP contribution in [0.3, 0.4) is 0 Å². The van der Waals surface area contributed by atoms with Crippen molar-refractivity contribution in [1.82, 2.24) is 14.0 Å². The van der Waals surface area contributed by atoms with Gasteiger partial charge in [-0.3, -0.25) is 14.3 Å². The molecule has 1 fully saturated rings. The second-order valence-corrected chi connectivity index (χ2v) is 9.54. The molecule has 0 aliphatic carbocycles. The third-order valence-electron chi connectivity index (χ3n) is 6.98. The van der Waals surface area contributed by atoms with E-state index in [1.54, 1.807) is 0 Å². The number of piperidine rings is 1. The molecule has 1 aliphatic heterocycles. The maximum Gasteiger partial charge on any atom is 0.336 e. The average Bonchev–Trinajstić information content (AvgIpc) is 3.20. The lowest BCUT2D eigenvalue weighted by Gasteiger charge is -2.32. The van der Waals surface area contributed by atoms with Crippen molar-refractivity contribution in [2.75, 3.05) is 13.1 Å². The highest BCUT2D eigenvalue weighted by Crippen LogP contribution is 2.28. The van der Waals surface area contributed by atoms with Crippen molar-refractivity contribution in [2.24, 2.45) is 0 Å². The lowest BCUT2D eigenvalue weighted by Crippen LogP contribution is -2.38. The monoisotopic (exact) mass is 483 g/mol. The number of carbonyl (C=O) groups excluding carboxylic acids is 1. The highest BCUT2D eigenvalue weighted by atomic mass is 16.5. The molecule has 1 aromatic heterocycles. The summed E-state index contributed by atoms with van der Waals surface area (Å²) >= 11 is 0. The molecule has 0 saturated carbocycles. The second-order valence-electron chi connectivity index (χ2n) is 9.54. The molecule has 2 heterocycles. The Bertz CT molecular complexity index is 1380. The van der Waals surface area contributed by atoms with Crippen molar-refractivity contribution >= 4 is 16.9 Å². The first-order chi connectivity index (χ1) is 17.6. The topological polar surface area (TPSA) is 56.5 Å². The number of nitrogens with zero attached hydrogens (tertiary/aromatic N) is 3. The van der Waals surface area contributed by atoms with Gasteiger partial charge in [-0.05, 0) is 61.2 Å². The summed E-state index contributed by atoms with van der Waals surface area (Å²) in [6, 6.07) is 25.8. The number of hydrogen-bond donors (Lipinski definition) is 0. The highest BCUT2D eigenvalue weighted by molar-refractivity contribution is 5.90. The number of benzene rings is 3. The fourth-order valence-corrected chi connectivity index (χ4v) is 5.13. The van der Waals surface area contributed by atoms with Gasteiger partial charge in [-0.25, -0.2) is 9.36 Å². The number of rotatable bonds is 8. The molecule has 0 atom stereocenters. The molecule has 0 radical (unpaired) electrons. The largest absolute Gasteiger partial charge is 0.457 e. The van der Waals surface area contributed by atoms with Crippen LogP contribution in [0.4, 0.5) is 0 Å². The van der Waals surface area contributed by atoms with E-state index in [1.165, 1.54) is 10.1 Å². The zero-order valence-electron chi connectivity index (χ0n) is 20.8. The summed E-state index contributed by atoms with van der Waals surface area (Å²) in [4.78, 5) is 28.7. The molecular weight excluding hydrogens is 450 g/mol. The summed E-state index contributed by atoms with van der Waals surface area (Å²) in [6.07, 6.45) is 3.87. The van der Waals surface area contributed by atoms with Gasteiger partial charge >= 0.3 is 5.69 Å². The molecule has 5 rings (SSSR count). The van der Waals surface area contributed by atoms with Gasteiger partial charge in [0.1, 0.15) is 11.5 Å². The van der Waals surface area contributed by atoms with E-state index in [-0.39, 0.29) is 17.6 Å². The van der Waals surface area contributed by atoms with Crippen LogP contribution in [0.1, 0.15) is 55.4 Å². The van der Waals surface area contributed by atoms with E-state index in [4.69, 9.17) is 4.74 Å². The minimum atomic E-state index is -0.193. The fourth-order valence-electron chi connectivity index (χ4n) is 5.13. The molecule has 0 unspecified atom stereocenters. The molecule has 0 spiro atoms. The number of ether oxygens (including phenoxy) is 1. The van der Waals surface area contributed by atoms with Crippen LogP contribution in [-0.4, -0.2) is 33.0 Å². The summed E-state index contributed by atoms with van der Waals surface area (Å²) in [5.74, 6) is 1.56. The SMILES string of the molecule is CCCCC(=O)n1c(=O)n(C2CCN(Cc3cccc(Oc4ccccc4)c3)CC2)c2ccccc21. The van der Waals surface area contributed by atoms with E-state index in [1.807, 2.05) is 71.3 Å². The van der Waals surface area contributed by atoms with E-state index in [0.717, 1.165) is 67.8 Å². The number of aromatic nitrogens is 2. The highest BCUT2D eigenvalue weighted by Gasteiger charge is 2.26. The van der Waals surface area contributed by atoms with Crippen molar-refractivity contribution < 1.29 is 9.53 Å². The van der Waals surface area contributed by atoms with Gasteiger partial charge in [-0.1, -0.05) is 55.8 Å². The number of hydrogen-bond acceptors (Lipinski definition) is 4. The number of fused-ring (bicyclic) bond motifs is 1. The van der Waals surface area contributed by atoms with Gasteiger partial charge in [0.15, 0.2) is 0 Å². The Kier molecular flexibility index (Phi) is 7.33. The summed E-state index contributed by atoms with van der Waals surface area (Å²) in [5.41, 5.74) is 2.59. The first-order valence-electron chi connectivity index (χ1n) is 12.9. The summed E-state index contributed by atoms with van der Waals surface area (Å²) in [5, 5.41) is 0. The Labute approximate surface area is 211 Å². The molecular formula is C30H33N3O3. The van der Waals surface area contributed by atoms with Crippen LogP contribution in [0, 0.1) is 0 Å². The predicted octanol–water partition coefficient (Wildman–Crippen LogP) is 6.26. The number of carbonyl (C=O) groups is 1. The summed E-state index contributed by atoms with van der Waals surface area (Å²) < 4.78 is 9.26. The molecule has 0 N–H and O–H groups in total. The number of para-hydroxylation sites is 3. The minimum Gasteiger partial charge on any atom is -0.457 e.